The second-order valence-corrected chi connectivity index (χ2v) is 8.23. The summed E-state index contributed by atoms with van der Waals surface area (Å²) < 4.78 is 11.9. The van der Waals surface area contributed by atoms with Crippen LogP contribution in [0.15, 0.2) is 46.7 Å². The first-order valence-electron chi connectivity index (χ1n) is 9.50. The van der Waals surface area contributed by atoms with E-state index in [1.54, 1.807) is 12.1 Å². The van der Waals surface area contributed by atoms with Crippen LogP contribution < -0.4 is 26.1 Å². The molecule has 4 N–H and O–H groups in total. The fourth-order valence-corrected chi connectivity index (χ4v) is 3.65. The van der Waals surface area contributed by atoms with Crippen LogP contribution in [-0.4, -0.2) is 39.0 Å². The van der Waals surface area contributed by atoms with Crippen molar-refractivity contribution in [3.8, 4) is 11.5 Å². The van der Waals surface area contributed by atoms with Gasteiger partial charge in [-0.1, -0.05) is 29.4 Å². The predicted octanol–water partition coefficient (Wildman–Crippen LogP) is 3.25. The molecule has 0 radical (unpaired) electrons. The Morgan fingerprint density at radius 2 is 2.06 bits per heavy atom. The monoisotopic (exact) mass is 473 g/mol. The highest BCUT2D eigenvalue weighted by Gasteiger charge is 2.15. The molecule has 0 saturated carbocycles. The molecule has 0 spiro atoms. The summed E-state index contributed by atoms with van der Waals surface area (Å²) in [5.74, 6) is 7.53. The number of hydrazone groups is 1. The average molecular weight is 474 g/mol. The molecule has 10 nitrogen and oxygen atoms in total. The van der Waals surface area contributed by atoms with Gasteiger partial charge in [0.1, 0.15) is 0 Å². The van der Waals surface area contributed by atoms with Crippen LogP contribution in [0.25, 0.3) is 0 Å². The minimum Gasteiger partial charge on any atom is -0.454 e. The molecule has 0 aliphatic carbocycles. The second kappa shape index (κ2) is 9.37. The quantitative estimate of drug-likeness (QED) is 0.206. The van der Waals surface area contributed by atoms with E-state index in [0.717, 1.165) is 22.9 Å². The topological polar surface area (TPSA) is 129 Å². The molecule has 1 amide bonds. The molecule has 32 heavy (non-hydrogen) atoms. The Hall–Kier alpha value is -3.44. The lowest BCUT2D eigenvalue weighted by molar-refractivity contribution is -0.113. The van der Waals surface area contributed by atoms with E-state index >= 15 is 0 Å². The Kier molecular flexibility index (Phi) is 6.37. The number of ether oxygens (including phenoxy) is 2. The summed E-state index contributed by atoms with van der Waals surface area (Å²) in [6.45, 7) is 3.93. The van der Waals surface area contributed by atoms with Crippen molar-refractivity contribution in [3.05, 3.63) is 52.5 Å². The Morgan fingerprint density at radius 1 is 1.25 bits per heavy atom. The van der Waals surface area contributed by atoms with Gasteiger partial charge in [0, 0.05) is 16.3 Å². The van der Waals surface area contributed by atoms with Gasteiger partial charge < -0.3 is 20.6 Å². The van der Waals surface area contributed by atoms with Gasteiger partial charge in [-0.15, -0.1) is 10.2 Å². The first-order chi connectivity index (χ1) is 15.4. The maximum Gasteiger partial charge on any atom is 0.264 e. The number of carbonyl (C=O) groups is 1. The van der Waals surface area contributed by atoms with Crippen molar-refractivity contribution in [1.82, 2.24) is 14.9 Å². The summed E-state index contributed by atoms with van der Waals surface area (Å²) in [6.07, 6.45) is 0. The number of rotatable bonds is 7. The van der Waals surface area contributed by atoms with Crippen LogP contribution in [0.4, 0.5) is 11.6 Å². The number of aromatic nitrogens is 3. The first-order valence-corrected chi connectivity index (χ1v) is 10.9. The van der Waals surface area contributed by atoms with Gasteiger partial charge >= 0.3 is 0 Å². The number of benzene rings is 2. The Morgan fingerprint density at radius 3 is 2.91 bits per heavy atom. The van der Waals surface area contributed by atoms with Gasteiger partial charge in [-0.25, -0.2) is 10.1 Å². The van der Waals surface area contributed by atoms with Crippen molar-refractivity contribution in [2.24, 2.45) is 5.10 Å². The highest BCUT2D eigenvalue weighted by molar-refractivity contribution is 7.99. The van der Waals surface area contributed by atoms with Crippen LogP contribution >= 0.6 is 23.4 Å². The maximum absolute atomic E-state index is 12.3. The van der Waals surface area contributed by atoms with Crippen LogP contribution in [0.1, 0.15) is 18.1 Å². The maximum atomic E-state index is 12.3. The highest BCUT2D eigenvalue weighted by Crippen LogP contribution is 2.32. The van der Waals surface area contributed by atoms with Gasteiger partial charge in [-0.05, 0) is 49.7 Å². The van der Waals surface area contributed by atoms with Crippen molar-refractivity contribution in [2.75, 3.05) is 29.1 Å². The number of amides is 1. The third kappa shape index (κ3) is 4.89. The SMILES string of the molecule is C/C(=N\Nc1nnc(SCC(=O)Nc2cc(Cl)ccc2C)n1N)c1ccc2c(c1)OCO2. The fraction of sp³-hybridized carbons (Fsp3) is 0.200. The van der Waals surface area contributed by atoms with Gasteiger partial charge in [0.05, 0.1) is 11.5 Å². The lowest BCUT2D eigenvalue weighted by Crippen LogP contribution is -2.17. The van der Waals surface area contributed by atoms with Crippen molar-refractivity contribution in [2.45, 2.75) is 19.0 Å². The third-order valence-electron chi connectivity index (χ3n) is 4.58. The smallest absolute Gasteiger partial charge is 0.264 e. The van der Waals surface area contributed by atoms with Crippen molar-refractivity contribution in [1.29, 1.82) is 0 Å². The molecule has 0 unspecified atom stereocenters. The summed E-state index contributed by atoms with van der Waals surface area (Å²) in [7, 11) is 0. The molecule has 0 atom stereocenters. The zero-order chi connectivity index (χ0) is 22.7. The van der Waals surface area contributed by atoms with Gasteiger partial charge in [-0.3, -0.25) is 4.79 Å². The van der Waals surface area contributed by atoms with E-state index in [9.17, 15) is 4.79 Å². The number of anilines is 2. The van der Waals surface area contributed by atoms with E-state index in [-0.39, 0.29) is 24.4 Å². The van der Waals surface area contributed by atoms with Gasteiger partial charge in [0.25, 0.3) is 5.95 Å². The van der Waals surface area contributed by atoms with Crippen LogP contribution in [0, 0.1) is 6.92 Å². The number of thioether (sulfide) groups is 1. The molecule has 4 rings (SSSR count). The molecular weight excluding hydrogens is 454 g/mol. The number of fused-ring (bicyclic) bond motifs is 1. The minimum absolute atomic E-state index is 0.0980. The van der Waals surface area contributed by atoms with E-state index in [1.165, 1.54) is 4.68 Å². The molecule has 2 aromatic carbocycles. The van der Waals surface area contributed by atoms with E-state index in [2.05, 4.69) is 26.0 Å². The molecule has 2 heterocycles. The first kappa shape index (κ1) is 21.8. The molecule has 1 aromatic heterocycles. The number of nitrogens with one attached hydrogen (secondary N) is 2. The number of hydrogen-bond acceptors (Lipinski definition) is 9. The fourth-order valence-electron chi connectivity index (χ4n) is 2.82. The number of nitrogens with two attached hydrogens (primary N) is 1. The lowest BCUT2D eigenvalue weighted by Gasteiger charge is -2.08. The summed E-state index contributed by atoms with van der Waals surface area (Å²) in [5.41, 5.74) is 5.91. The van der Waals surface area contributed by atoms with Crippen molar-refractivity contribution in [3.63, 3.8) is 0 Å². The number of nitrogen functional groups attached to an aromatic ring is 1. The van der Waals surface area contributed by atoms with E-state index in [4.69, 9.17) is 26.9 Å². The average Bonchev–Trinajstić information content (AvgIpc) is 3.39. The Labute approximate surface area is 193 Å². The summed E-state index contributed by atoms with van der Waals surface area (Å²) in [6, 6.07) is 10.9. The van der Waals surface area contributed by atoms with Crippen LogP contribution in [0.3, 0.4) is 0 Å². The molecule has 1 aliphatic heterocycles. The third-order valence-corrected chi connectivity index (χ3v) is 5.76. The predicted molar refractivity (Wildman–Crippen MR) is 124 cm³/mol. The summed E-state index contributed by atoms with van der Waals surface area (Å²) >= 11 is 7.14. The standard InChI is InChI=1S/C20H20ClN7O3S/c1-11-3-5-14(21)8-15(11)23-18(29)9-32-20-27-26-19(28(20)22)25-24-12(2)13-4-6-16-17(7-13)31-10-30-16/h3-8H,9-10,22H2,1-2H3,(H,23,29)(H,25,26)/b24-12+. The molecule has 0 saturated heterocycles. The van der Waals surface area contributed by atoms with Crippen LogP contribution in [-0.2, 0) is 4.79 Å². The van der Waals surface area contributed by atoms with Crippen LogP contribution in [0.5, 0.6) is 11.5 Å². The summed E-state index contributed by atoms with van der Waals surface area (Å²) in [4.78, 5) is 12.3. The molecule has 1 aliphatic rings. The number of aryl methyl sites for hydroxylation is 1. The molecule has 0 fully saturated rings. The zero-order valence-electron chi connectivity index (χ0n) is 17.3. The van der Waals surface area contributed by atoms with Crippen molar-refractivity contribution < 1.29 is 14.3 Å². The van der Waals surface area contributed by atoms with Gasteiger partial charge in [-0.2, -0.15) is 5.10 Å². The van der Waals surface area contributed by atoms with Gasteiger partial charge in [0.15, 0.2) is 11.5 Å². The normalized spacial score (nSPS) is 12.7. The molecule has 12 heteroatoms. The second-order valence-electron chi connectivity index (χ2n) is 6.85. The van der Waals surface area contributed by atoms with E-state index < -0.39 is 0 Å². The minimum atomic E-state index is -0.213. The zero-order valence-corrected chi connectivity index (χ0v) is 18.8. The summed E-state index contributed by atoms with van der Waals surface area (Å²) in [5, 5.41) is 16.0. The number of hydrogen-bond donors (Lipinski definition) is 3. The van der Waals surface area contributed by atoms with Gasteiger partial charge in [0.2, 0.25) is 17.9 Å². The molecule has 166 valence electrons. The molecule has 0 bridgehead atoms. The number of nitrogens with zero attached hydrogens (tertiary/aromatic N) is 4. The molecular formula is C20H20ClN7O3S. The lowest BCUT2D eigenvalue weighted by atomic mass is 10.1. The van der Waals surface area contributed by atoms with E-state index in [0.29, 0.717) is 33.1 Å². The Balaban J connectivity index is 1.35. The highest BCUT2D eigenvalue weighted by atomic mass is 35.5. The molecule has 3 aromatic rings. The van der Waals surface area contributed by atoms with E-state index in [1.807, 2.05) is 38.1 Å². The number of carbonyl (C=O) groups excluding carboxylic acids is 1. The van der Waals surface area contributed by atoms with Crippen LogP contribution in [0.2, 0.25) is 5.02 Å². The Bertz CT molecular complexity index is 1200. The van der Waals surface area contributed by atoms with Crippen molar-refractivity contribution >= 4 is 46.6 Å². The number of halogens is 1. The largest absolute Gasteiger partial charge is 0.454 e.